The van der Waals surface area contributed by atoms with Gasteiger partial charge in [-0.05, 0) is 38.5 Å². The summed E-state index contributed by atoms with van der Waals surface area (Å²) in [5.41, 5.74) is 1.97. The quantitative estimate of drug-likeness (QED) is 0.877. The zero-order valence-corrected chi connectivity index (χ0v) is 13.1. The highest BCUT2D eigenvalue weighted by atomic mass is 79.9. The van der Waals surface area contributed by atoms with Gasteiger partial charge in [0, 0.05) is 28.5 Å². The Morgan fingerprint density at radius 3 is 2.84 bits per heavy atom. The van der Waals surface area contributed by atoms with Crippen molar-refractivity contribution in [2.24, 2.45) is 0 Å². The molecule has 4 nitrogen and oxygen atoms in total. The Labute approximate surface area is 122 Å². The Morgan fingerprint density at radius 2 is 2.16 bits per heavy atom. The Balaban J connectivity index is 2.02. The standard InChI is InChI=1S/C14H19BrN2O2/c1-14(2,3)17-13(18)16-8-10-7-11(15)6-9-4-5-19-12(9)10/h6-7H,4-5,8H2,1-3H3,(H2,16,17,18). The summed E-state index contributed by atoms with van der Waals surface area (Å²) in [5, 5.41) is 5.73. The number of fused-ring (bicyclic) bond motifs is 1. The van der Waals surface area contributed by atoms with Crippen LogP contribution in [0.4, 0.5) is 4.79 Å². The van der Waals surface area contributed by atoms with E-state index >= 15 is 0 Å². The number of rotatable bonds is 2. The molecular weight excluding hydrogens is 308 g/mol. The second kappa shape index (κ2) is 5.41. The fourth-order valence-corrected chi connectivity index (χ4v) is 2.59. The molecule has 1 aliphatic rings. The first kappa shape index (κ1) is 14.2. The molecule has 0 radical (unpaired) electrons. The highest BCUT2D eigenvalue weighted by Gasteiger charge is 2.18. The van der Waals surface area contributed by atoms with Crippen LogP contribution >= 0.6 is 15.9 Å². The second-order valence-electron chi connectivity index (χ2n) is 5.71. The molecule has 0 aromatic heterocycles. The van der Waals surface area contributed by atoms with Gasteiger partial charge in [-0.2, -0.15) is 0 Å². The lowest BCUT2D eigenvalue weighted by molar-refractivity contribution is 0.231. The minimum atomic E-state index is -0.236. The fraction of sp³-hybridized carbons (Fsp3) is 0.500. The third-order valence-corrected chi connectivity index (χ3v) is 3.21. The van der Waals surface area contributed by atoms with Gasteiger partial charge in [0.1, 0.15) is 5.75 Å². The molecule has 1 aromatic rings. The molecule has 1 aliphatic heterocycles. The Morgan fingerprint density at radius 1 is 1.42 bits per heavy atom. The van der Waals surface area contributed by atoms with Crippen molar-refractivity contribution in [2.75, 3.05) is 6.61 Å². The first-order chi connectivity index (χ1) is 8.85. The van der Waals surface area contributed by atoms with E-state index in [1.165, 1.54) is 5.56 Å². The van der Waals surface area contributed by atoms with Gasteiger partial charge in [-0.3, -0.25) is 0 Å². The molecule has 104 valence electrons. The zero-order valence-electron chi connectivity index (χ0n) is 11.5. The molecule has 19 heavy (non-hydrogen) atoms. The molecule has 0 fully saturated rings. The summed E-state index contributed by atoms with van der Waals surface area (Å²) in [6, 6.07) is 3.89. The van der Waals surface area contributed by atoms with E-state index in [1.54, 1.807) is 0 Å². The lowest BCUT2D eigenvalue weighted by Gasteiger charge is -2.21. The molecule has 1 aromatic carbocycles. The van der Waals surface area contributed by atoms with E-state index in [2.05, 4.69) is 32.6 Å². The number of amides is 2. The van der Waals surface area contributed by atoms with Crippen molar-refractivity contribution in [1.29, 1.82) is 0 Å². The molecule has 0 saturated carbocycles. The highest BCUT2D eigenvalue weighted by molar-refractivity contribution is 9.10. The molecule has 2 rings (SSSR count). The minimum Gasteiger partial charge on any atom is -0.493 e. The smallest absolute Gasteiger partial charge is 0.315 e. The number of carbonyl (C=O) groups excluding carboxylic acids is 1. The predicted molar refractivity (Wildman–Crippen MR) is 78.5 cm³/mol. The van der Waals surface area contributed by atoms with Crippen LogP contribution in [0.3, 0.4) is 0 Å². The number of urea groups is 1. The average Bonchev–Trinajstić information content (AvgIpc) is 2.71. The molecule has 2 N–H and O–H groups in total. The molecule has 0 spiro atoms. The van der Waals surface area contributed by atoms with Crippen LogP contribution in [-0.4, -0.2) is 18.2 Å². The number of nitrogens with one attached hydrogen (secondary N) is 2. The van der Waals surface area contributed by atoms with E-state index < -0.39 is 0 Å². The topological polar surface area (TPSA) is 50.4 Å². The molecule has 0 bridgehead atoms. The first-order valence-corrected chi connectivity index (χ1v) is 7.14. The van der Waals surface area contributed by atoms with Gasteiger partial charge < -0.3 is 15.4 Å². The van der Waals surface area contributed by atoms with Crippen LogP contribution in [0.1, 0.15) is 31.9 Å². The summed E-state index contributed by atoms with van der Waals surface area (Å²) < 4.78 is 6.64. The van der Waals surface area contributed by atoms with Crippen molar-refractivity contribution in [3.63, 3.8) is 0 Å². The van der Waals surface area contributed by atoms with Gasteiger partial charge in [0.05, 0.1) is 6.61 Å². The number of ether oxygens (including phenoxy) is 1. The van der Waals surface area contributed by atoms with Crippen LogP contribution in [0.5, 0.6) is 5.75 Å². The lowest BCUT2D eigenvalue weighted by atomic mass is 10.1. The molecule has 0 aliphatic carbocycles. The van der Waals surface area contributed by atoms with Crippen LogP contribution in [0, 0.1) is 0 Å². The third-order valence-electron chi connectivity index (χ3n) is 2.75. The monoisotopic (exact) mass is 326 g/mol. The second-order valence-corrected chi connectivity index (χ2v) is 6.62. The summed E-state index contributed by atoms with van der Waals surface area (Å²) in [4.78, 5) is 11.7. The van der Waals surface area contributed by atoms with E-state index in [1.807, 2.05) is 26.8 Å². The van der Waals surface area contributed by atoms with Crippen LogP contribution in [0.2, 0.25) is 0 Å². The van der Waals surface area contributed by atoms with Crippen molar-refractivity contribution in [3.05, 3.63) is 27.7 Å². The number of hydrogen-bond donors (Lipinski definition) is 2. The Hall–Kier alpha value is -1.23. The van der Waals surface area contributed by atoms with Gasteiger partial charge in [0.2, 0.25) is 0 Å². The Bertz CT molecular complexity index is 495. The van der Waals surface area contributed by atoms with E-state index in [0.29, 0.717) is 13.2 Å². The minimum absolute atomic E-state index is 0.167. The maximum Gasteiger partial charge on any atom is 0.315 e. The summed E-state index contributed by atoms with van der Waals surface area (Å²) in [6.45, 7) is 7.03. The molecule has 5 heteroatoms. The number of halogens is 1. The number of benzene rings is 1. The van der Waals surface area contributed by atoms with Gasteiger partial charge in [-0.25, -0.2) is 4.79 Å². The molecule has 0 unspecified atom stereocenters. The maximum atomic E-state index is 11.7. The van der Waals surface area contributed by atoms with Crippen LogP contribution < -0.4 is 15.4 Å². The molecule has 1 heterocycles. The first-order valence-electron chi connectivity index (χ1n) is 6.35. The van der Waals surface area contributed by atoms with Gasteiger partial charge in [-0.1, -0.05) is 15.9 Å². The van der Waals surface area contributed by atoms with E-state index in [0.717, 1.165) is 22.2 Å². The van der Waals surface area contributed by atoms with Crippen molar-refractivity contribution >= 4 is 22.0 Å². The molecule has 0 saturated heterocycles. The van der Waals surface area contributed by atoms with E-state index in [4.69, 9.17) is 4.74 Å². The van der Waals surface area contributed by atoms with Crippen LogP contribution in [-0.2, 0) is 13.0 Å². The summed E-state index contributed by atoms with van der Waals surface area (Å²) >= 11 is 3.49. The number of hydrogen-bond acceptors (Lipinski definition) is 2. The maximum absolute atomic E-state index is 11.7. The van der Waals surface area contributed by atoms with Gasteiger partial charge >= 0.3 is 6.03 Å². The molecule has 0 atom stereocenters. The van der Waals surface area contributed by atoms with Crippen molar-refractivity contribution < 1.29 is 9.53 Å². The van der Waals surface area contributed by atoms with Crippen LogP contribution in [0.15, 0.2) is 16.6 Å². The van der Waals surface area contributed by atoms with Gasteiger partial charge in [-0.15, -0.1) is 0 Å². The van der Waals surface area contributed by atoms with Gasteiger partial charge in [0.25, 0.3) is 0 Å². The van der Waals surface area contributed by atoms with Crippen molar-refractivity contribution in [1.82, 2.24) is 10.6 Å². The van der Waals surface area contributed by atoms with E-state index in [-0.39, 0.29) is 11.6 Å². The zero-order chi connectivity index (χ0) is 14.0. The number of carbonyl (C=O) groups is 1. The Kier molecular flexibility index (Phi) is 4.04. The summed E-state index contributed by atoms with van der Waals surface area (Å²) in [6.07, 6.45) is 0.927. The van der Waals surface area contributed by atoms with Crippen LogP contribution in [0.25, 0.3) is 0 Å². The van der Waals surface area contributed by atoms with Crippen molar-refractivity contribution in [3.8, 4) is 5.75 Å². The van der Waals surface area contributed by atoms with Gasteiger partial charge in [0.15, 0.2) is 0 Å². The largest absolute Gasteiger partial charge is 0.493 e. The molecular formula is C14H19BrN2O2. The highest BCUT2D eigenvalue weighted by Crippen LogP contribution is 2.32. The third kappa shape index (κ3) is 3.86. The van der Waals surface area contributed by atoms with Crippen molar-refractivity contribution in [2.45, 2.75) is 39.3 Å². The summed E-state index contributed by atoms with van der Waals surface area (Å²) in [7, 11) is 0. The summed E-state index contributed by atoms with van der Waals surface area (Å²) in [5.74, 6) is 0.916. The average molecular weight is 327 g/mol. The predicted octanol–water partition coefficient (Wildman–Crippen LogP) is 2.98. The SMILES string of the molecule is CC(C)(C)NC(=O)NCc1cc(Br)cc2c1OCC2. The molecule has 2 amide bonds. The van der Waals surface area contributed by atoms with E-state index in [9.17, 15) is 4.79 Å². The fourth-order valence-electron chi connectivity index (χ4n) is 2.04. The lowest BCUT2D eigenvalue weighted by Crippen LogP contribution is -2.46. The normalized spacial score (nSPS) is 13.7.